The van der Waals surface area contributed by atoms with Gasteiger partial charge in [-0.2, -0.15) is 0 Å². The number of carbonyl (C=O) groups is 2. The number of benzene rings is 2. The number of nitrogens with two attached hydrogens (primary N) is 1. The summed E-state index contributed by atoms with van der Waals surface area (Å²) in [5.41, 5.74) is 7.78. The van der Waals surface area contributed by atoms with Crippen LogP contribution in [0.5, 0.6) is 0 Å². The SMILES string of the molecule is CC1(c2nc3c(C(N)=O)cccc3[nH]2)CCN(C(=O)OCc2ccccc2)C1. The van der Waals surface area contributed by atoms with E-state index in [1.54, 1.807) is 17.0 Å². The van der Waals surface area contributed by atoms with Gasteiger partial charge in [0.1, 0.15) is 17.9 Å². The van der Waals surface area contributed by atoms with Crippen molar-refractivity contribution in [1.82, 2.24) is 14.9 Å². The highest BCUT2D eigenvalue weighted by Crippen LogP contribution is 2.34. The number of primary amides is 1. The predicted octanol–water partition coefficient (Wildman–Crippen LogP) is 2.96. The van der Waals surface area contributed by atoms with Gasteiger partial charge in [0.25, 0.3) is 5.91 Å². The van der Waals surface area contributed by atoms with E-state index in [9.17, 15) is 9.59 Å². The van der Waals surface area contributed by atoms with Crippen LogP contribution in [0.3, 0.4) is 0 Å². The Hall–Kier alpha value is -3.35. The van der Waals surface area contributed by atoms with Crippen LogP contribution in [0.25, 0.3) is 11.0 Å². The van der Waals surface area contributed by atoms with Gasteiger partial charge in [0.05, 0.1) is 11.1 Å². The van der Waals surface area contributed by atoms with Crippen molar-refractivity contribution in [2.45, 2.75) is 25.4 Å². The topological polar surface area (TPSA) is 101 Å². The van der Waals surface area contributed by atoms with Crippen LogP contribution in [0.4, 0.5) is 4.79 Å². The number of H-pyrrole nitrogens is 1. The number of amides is 2. The number of rotatable bonds is 4. The van der Waals surface area contributed by atoms with Gasteiger partial charge in [0, 0.05) is 18.5 Å². The van der Waals surface area contributed by atoms with Gasteiger partial charge in [-0.15, -0.1) is 0 Å². The van der Waals surface area contributed by atoms with Gasteiger partial charge in [-0.1, -0.05) is 43.3 Å². The van der Waals surface area contributed by atoms with Crippen LogP contribution < -0.4 is 5.73 Å². The minimum atomic E-state index is -0.508. The molecule has 1 aliphatic rings. The fourth-order valence-corrected chi connectivity index (χ4v) is 3.64. The largest absolute Gasteiger partial charge is 0.445 e. The Kier molecular flexibility index (Phi) is 4.50. The second-order valence-corrected chi connectivity index (χ2v) is 7.42. The number of fused-ring (bicyclic) bond motifs is 1. The highest BCUT2D eigenvalue weighted by Gasteiger charge is 2.40. The molecule has 2 aromatic carbocycles. The van der Waals surface area contributed by atoms with E-state index in [0.29, 0.717) is 24.2 Å². The number of hydrogen-bond acceptors (Lipinski definition) is 4. The molecule has 28 heavy (non-hydrogen) atoms. The summed E-state index contributed by atoms with van der Waals surface area (Å²) in [5.74, 6) is 0.237. The molecule has 0 spiro atoms. The first-order valence-electron chi connectivity index (χ1n) is 9.21. The summed E-state index contributed by atoms with van der Waals surface area (Å²) in [4.78, 5) is 33.8. The first kappa shape index (κ1) is 18.0. The van der Waals surface area contributed by atoms with Crippen molar-refractivity contribution in [3.63, 3.8) is 0 Å². The zero-order valence-corrected chi connectivity index (χ0v) is 15.6. The van der Waals surface area contributed by atoms with Gasteiger partial charge in [-0.25, -0.2) is 9.78 Å². The number of para-hydroxylation sites is 1. The highest BCUT2D eigenvalue weighted by molar-refractivity contribution is 6.04. The van der Waals surface area contributed by atoms with Crippen molar-refractivity contribution in [1.29, 1.82) is 0 Å². The molecule has 2 heterocycles. The van der Waals surface area contributed by atoms with Crippen molar-refractivity contribution in [2.75, 3.05) is 13.1 Å². The van der Waals surface area contributed by atoms with Gasteiger partial charge >= 0.3 is 6.09 Å². The van der Waals surface area contributed by atoms with Crippen LogP contribution in [-0.4, -0.2) is 40.0 Å². The molecule has 3 N–H and O–H groups in total. The molecule has 7 heteroatoms. The highest BCUT2D eigenvalue weighted by atomic mass is 16.6. The van der Waals surface area contributed by atoms with E-state index in [-0.39, 0.29) is 18.1 Å². The predicted molar refractivity (Wildman–Crippen MR) is 105 cm³/mol. The van der Waals surface area contributed by atoms with Gasteiger partial charge < -0.3 is 20.4 Å². The van der Waals surface area contributed by atoms with Crippen molar-refractivity contribution >= 4 is 23.0 Å². The van der Waals surface area contributed by atoms with E-state index in [1.807, 2.05) is 36.4 Å². The van der Waals surface area contributed by atoms with Crippen molar-refractivity contribution in [3.8, 4) is 0 Å². The minimum Gasteiger partial charge on any atom is -0.445 e. The van der Waals surface area contributed by atoms with Crippen LogP contribution in [-0.2, 0) is 16.8 Å². The molecule has 1 atom stereocenters. The quantitative estimate of drug-likeness (QED) is 0.729. The number of aromatic nitrogens is 2. The smallest absolute Gasteiger partial charge is 0.410 e. The van der Waals surface area contributed by atoms with Crippen molar-refractivity contribution in [3.05, 3.63) is 65.5 Å². The average molecular weight is 378 g/mol. The Bertz CT molecular complexity index is 1030. The fraction of sp³-hybridized carbons (Fsp3) is 0.286. The summed E-state index contributed by atoms with van der Waals surface area (Å²) < 4.78 is 5.45. The number of ether oxygens (including phenoxy) is 1. The van der Waals surface area contributed by atoms with E-state index in [4.69, 9.17) is 10.5 Å². The van der Waals surface area contributed by atoms with E-state index >= 15 is 0 Å². The summed E-state index contributed by atoms with van der Waals surface area (Å²) in [6.45, 7) is 3.38. The molecule has 0 aliphatic carbocycles. The summed E-state index contributed by atoms with van der Waals surface area (Å²) in [6, 6.07) is 14.9. The van der Waals surface area contributed by atoms with Crippen LogP contribution >= 0.6 is 0 Å². The van der Waals surface area contributed by atoms with Gasteiger partial charge in [0.2, 0.25) is 0 Å². The Labute approximate surface area is 162 Å². The Morgan fingerprint density at radius 2 is 2.00 bits per heavy atom. The number of nitrogens with zero attached hydrogens (tertiary/aromatic N) is 2. The van der Waals surface area contributed by atoms with E-state index in [2.05, 4.69) is 16.9 Å². The molecule has 7 nitrogen and oxygen atoms in total. The molecule has 1 unspecified atom stereocenters. The molecule has 144 valence electrons. The maximum absolute atomic E-state index is 12.5. The molecule has 0 bridgehead atoms. The Morgan fingerprint density at radius 3 is 2.75 bits per heavy atom. The molecular weight excluding hydrogens is 356 g/mol. The standard InChI is InChI=1S/C21H22N4O3/c1-21(19-23-16-9-5-8-15(18(22)26)17(16)24-19)10-11-25(13-21)20(27)28-12-14-6-3-2-4-7-14/h2-9H,10-13H2,1H3,(H2,22,26)(H,23,24). The zero-order chi connectivity index (χ0) is 19.7. The second kappa shape index (κ2) is 6.99. The Morgan fingerprint density at radius 1 is 1.21 bits per heavy atom. The first-order chi connectivity index (χ1) is 13.5. The summed E-state index contributed by atoms with van der Waals surface area (Å²) in [7, 11) is 0. The number of aromatic amines is 1. The number of imidazole rings is 1. The lowest BCUT2D eigenvalue weighted by molar-refractivity contribution is 0.0999. The van der Waals surface area contributed by atoms with Crippen molar-refractivity contribution in [2.24, 2.45) is 5.73 Å². The van der Waals surface area contributed by atoms with E-state index in [0.717, 1.165) is 23.3 Å². The average Bonchev–Trinajstić information content (AvgIpc) is 3.31. The molecule has 4 rings (SSSR count). The van der Waals surface area contributed by atoms with Crippen LogP contribution in [0.15, 0.2) is 48.5 Å². The molecule has 1 aromatic heterocycles. The lowest BCUT2D eigenvalue weighted by Gasteiger charge is -2.22. The fourth-order valence-electron chi connectivity index (χ4n) is 3.64. The number of nitrogens with one attached hydrogen (secondary N) is 1. The van der Waals surface area contributed by atoms with Gasteiger partial charge in [0.15, 0.2) is 0 Å². The lowest BCUT2D eigenvalue weighted by atomic mass is 9.89. The second-order valence-electron chi connectivity index (χ2n) is 7.42. The molecule has 1 fully saturated rings. The minimum absolute atomic E-state index is 0.250. The number of likely N-dealkylation sites (tertiary alicyclic amines) is 1. The van der Waals surface area contributed by atoms with Crippen molar-refractivity contribution < 1.29 is 14.3 Å². The van der Waals surface area contributed by atoms with Crippen LogP contribution in [0.1, 0.15) is 35.1 Å². The first-order valence-corrected chi connectivity index (χ1v) is 9.21. The lowest BCUT2D eigenvalue weighted by Crippen LogP contribution is -2.33. The molecular formula is C21H22N4O3. The molecule has 0 saturated carbocycles. The number of hydrogen-bond donors (Lipinski definition) is 2. The molecule has 2 amide bonds. The maximum Gasteiger partial charge on any atom is 0.410 e. The van der Waals surface area contributed by atoms with E-state index in [1.165, 1.54) is 0 Å². The monoisotopic (exact) mass is 378 g/mol. The van der Waals surface area contributed by atoms with Gasteiger partial charge in [-0.05, 0) is 24.1 Å². The summed E-state index contributed by atoms with van der Waals surface area (Å²) in [6.07, 6.45) is 0.417. The third kappa shape index (κ3) is 3.31. The molecule has 1 aliphatic heterocycles. The van der Waals surface area contributed by atoms with E-state index < -0.39 is 5.91 Å². The number of carbonyl (C=O) groups excluding carboxylic acids is 2. The zero-order valence-electron chi connectivity index (χ0n) is 15.6. The third-order valence-corrected chi connectivity index (χ3v) is 5.29. The van der Waals surface area contributed by atoms with Crippen LogP contribution in [0.2, 0.25) is 0 Å². The summed E-state index contributed by atoms with van der Waals surface area (Å²) >= 11 is 0. The van der Waals surface area contributed by atoms with Gasteiger partial charge in [-0.3, -0.25) is 4.79 Å². The normalized spacial score (nSPS) is 19.1. The maximum atomic E-state index is 12.5. The summed E-state index contributed by atoms with van der Waals surface area (Å²) in [5, 5.41) is 0. The third-order valence-electron chi connectivity index (χ3n) is 5.29. The molecule has 3 aromatic rings. The van der Waals surface area contributed by atoms with Crippen LogP contribution in [0, 0.1) is 0 Å². The molecule has 0 radical (unpaired) electrons. The molecule has 1 saturated heterocycles. The Balaban J connectivity index is 1.49.